The minimum atomic E-state index is -0.604. The van der Waals surface area contributed by atoms with Crippen LogP contribution in [-0.2, 0) is 0 Å². The maximum Gasteiger partial charge on any atom is 0.253 e. The third kappa shape index (κ3) is 2.32. The molecule has 68 valence electrons. The van der Waals surface area contributed by atoms with E-state index in [2.05, 4.69) is 12.6 Å². The fourth-order valence-corrected chi connectivity index (χ4v) is 1.38. The zero-order chi connectivity index (χ0) is 10.0. The van der Waals surface area contributed by atoms with E-state index in [1.807, 2.05) is 0 Å². The van der Waals surface area contributed by atoms with Crippen molar-refractivity contribution in [3.63, 3.8) is 0 Å². The number of hydrogen-bond acceptors (Lipinski definition) is 3. The summed E-state index contributed by atoms with van der Waals surface area (Å²) in [5, 5.41) is -0.604. The Morgan fingerprint density at radius 1 is 1.38 bits per heavy atom. The predicted octanol–water partition coefficient (Wildman–Crippen LogP) is 2.56. The molecule has 0 aliphatic heterocycles. The highest BCUT2D eigenvalue weighted by Crippen LogP contribution is 2.18. The molecule has 1 aromatic rings. The quantitative estimate of drug-likeness (QED) is 0.467. The van der Waals surface area contributed by atoms with Crippen LogP contribution in [-0.4, -0.2) is 11.0 Å². The van der Waals surface area contributed by atoms with Crippen molar-refractivity contribution in [3.8, 4) is 0 Å². The second-order valence-electron chi connectivity index (χ2n) is 2.56. The second kappa shape index (κ2) is 3.94. The zero-order valence-electron chi connectivity index (χ0n) is 6.87. The first-order valence-corrected chi connectivity index (χ1v) is 4.38. The molecule has 0 aliphatic carbocycles. The van der Waals surface area contributed by atoms with Crippen LogP contribution in [0.3, 0.4) is 0 Å². The first-order chi connectivity index (χ1) is 6.02. The van der Waals surface area contributed by atoms with Crippen LogP contribution in [0.15, 0.2) is 23.1 Å². The van der Waals surface area contributed by atoms with Crippen molar-refractivity contribution in [1.29, 1.82) is 0 Å². The zero-order valence-corrected chi connectivity index (χ0v) is 8.52. The van der Waals surface area contributed by atoms with Crippen molar-refractivity contribution >= 4 is 35.3 Å². The third-order valence-corrected chi connectivity index (χ3v) is 2.21. The average molecular weight is 215 g/mol. The van der Waals surface area contributed by atoms with Crippen LogP contribution in [0.1, 0.15) is 27.6 Å². The number of rotatable bonds is 2. The molecule has 0 aromatic heterocycles. The average Bonchev–Trinajstić information content (AvgIpc) is 2.04. The largest absolute Gasteiger partial charge is 0.295 e. The Balaban J connectivity index is 3.27. The van der Waals surface area contributed by atoms with E-state index in [4.69, 9.17) is 11.6 Å². The van der Waals surface area contributed by atoms with Gasteiger partial charge >= 0.3 is 0 Å². The second-order valence-corrected chi connectivity index (χ2v) is 3.39. The van der Waals surface area contributed by atoms with Gasteiger partial charge in [0.25, 0.3) is 5.24 Å². The highest BCUT2D eigenvalue weighted by molar-refractivity contribution is 7.80. The van der Waals surface area contributed by atoms with E-state index in [9.17, 15) is 9.59 Å². The molecule has 0 saturated carbocycles. The van der Waals surface area contributed by atoms with Gasteiger partial charge in [-0.15, -0.1) is 12.6 Å². The predicted molar refractivity (Wildman–Crippen MR) is 53.9 cm³/mol. The molecular weight excluding hydrogens is 208 g/mol. The smallest absolute Gasteiger partial charge is 0.253 e. The van der Waals surface area contributed by atoms with Gasteiger partial charge < -0.3 is 0 Å². The molecule has 0 saturated heterocycles. The summed E-state index contributed by atoms with van der Waals surface area (Å²) in [7, 11) is 0. The van der Waals surface area contributed by atoms with Gasteiger partial charge in [-0.1, -0.05) is 6.07 Å². The molecule has 0 radical (unpaired) electrons. The van der Waals surface area contributed by atoms with Gasteiger partial charge in [0, 0.05) is 16.0 Å². The van der Waals surface area contributed by atoms with Crippen LogP contribution in [0, 0.1) is 0 Å². The summed E-state index contributed by atoms with van der Waals surface area (Å²) in [6, 6.07) is 4.63. The van der Waals surface area contributed by atoms with Crippen LogP contribution in [0.2, 0.25) is 0 Å². The molecule has 1 aromatic carbocycles. The lowest BCUT2D eigenvalue weighted by molar-refractivity contribution is 0.101. The van der Waals surface area contributed by atoms with Gasteiger partial charge in [0.1, 0.15) is 0 Å². The van der Waals surface area contributed by atoms with E-state index in [-0.39, 0.29) is 11.3 Å². The maximum absolute atomic E-state index is 11.0. The number of Topliss-reactive ketones (excluding diaryl/α,β-unsaturated/α-hetero) is 1. The van der Waals surface area contributed by atoms with E-state index < -0.39 is 5.24 Å². The molecule has 0 fully saturated rings. The molecule has 0 aliphatic rings. The Morgan fingerprint density at radius 2 is 2.00 bits per heavy atom. The summed E-state index contributed by atoms with van der Waals surface area (Å²) in [5.74, 6) is -0.104. The Kier molecular flexibility index (Phi) is 3.12. The number of thiol groups is 1. The molecule has 1 rings (SSSR count). The van der Waals surface area contributed by atoms with Crippen LogP contribution in [0.25, 0.3) is 0 Å². The van der Waals surface area contributed by atoms with Crippen molar-refractivity contribution < 1.29 is 9.59 Å². The Bertz CT molecular complexity index is 374. The summed E-state index contributed by atoms with van der Waals surface area (Å²) < 4.78 is 0. The molecule has 0 heterocycles. The molecule has 0 unspecified atom stereocenters. The first kappa shape index (κ1) is 10.3. The lowest BCUT2D eigenvalue weighted by Gasteiger charge is -2.01. The van der Waals surface area contributed by atoms with Crippen LogP contribution in [0.5, 0.6) is 0 Å². The standard InChI is InChI=1S/C9H7ClO2S/c1-5(11)6-2-3-8(13)7(4-6)9(10)12/h2-4,13H,1H3. The molecule has 2 nitrogen and oxygen atoms in total. The molecule has 4 heteroatoms. The molecule has 0 bridgehead atoms. The Labute approximate surface area is 86.3 Å². The highest BCUT2D eigenvalue weighted by Gasteiger charge is 2.09. The lowest BCUT2D eigenvalue weighted by Crippen LogP contribution is -1.97. The Morgan fingerprint density at radius 3 is 2.46 bits per heavy atom. The number of hydrogen-bond donors (Lipinski definition) is 1. The Hall–Kier alpha value is -0.800. The monoisotopic (exact) mass is 214 g/mol. The number of benzene rings is 1. The number of carbonyl (C=O) groups excluding carboxylic acids is 2. The van der Waals surface area contributed by atoms with E-state index in [0.717, 1.165) is 0 Å². The van der Waals surface area contributed by atoms with Crippen LogP contribution >= 0.6 is 24.2 Å². The van der Waals surface area contributed by atoms with Gasteiger partial charge in [-0.25, -0.2) is 0 Å². The summed E-state index contributed by atoms with van der Waals surface area (Å²) >= 11 is 9.32. The fraction of sp³-hybridized carbons (Fsp3) is 0.111. The number of halogens is 1. The van der Waals surface area contributed by atoms with Crippen LogP contribution < -0.4 is 0 Å². The summed E-state index contributed by atoms with van der Waals surface area (Å²) in [6.07, 6.45) is 0. The topological polar surface area (TPSA) is 34.1 Å². The number of ketones is 1. The van der Waals surface area contributed by atoms with Crippen molar-refractivity contribution in [2.24, 2.45) is 0 Å². The molecule has 0 atom stereocenters. The molecule has 0 amide bonds. The van der Waals surface area contributed by atoms with Gasteiger partial charge in [0.2, 0.25) is 0 Å². The molecule has 13 heavy (non-hydrogen) atoms. The fourth-order valence-electron chi connectivity index (χ4n) is 0.912. The molecule has 0 N–H and O–H groups in total. The van der Waals surface area contributed by atoms with E-state index in [1.54, 1.807) is 12.1 Å². The van der Waals surface area contributed by atoms with E-state index in [0.29, 0.717) is 10.5 Å². The molecule has 0 spiro atoms. The van der Waals surface area contributed by atoms with E-state index in [1.165, 1.54) is 13.0 Å². The van der Waals surface area contributed by atoms with Gasteiger partial charge in [0.05, 0.1) is 0 Å². The maximum atomic E-state index is 11.0. The van der Waals surface area contributed by atoms with E-state index >= 15 is 0 Å². The SMILES string of the molecule is CC(=O)c1ccc(S)c(C(=O)Cl)c1. The minimum absolute atomic E-state index is 0.104. The minimum Gasteiger partial charge on any atom is -0.295 e. The van der Waals surface area contributed by atoms with Crippen molar-refractivity contribution in [1.82, 2.24) is 0 Å². The van der Waals surface area contributed by atoms with Gasteiger partial charge in [-0.05, 0) is 30.7 Å². The van der Waals surface area contributed by atoms with Gasteiger partial charge in [-0.3, -0.25) is 9.59 Å². The van der Waals surface area contributed by atoms with Crippen molar-refractivity contribution in [2.75, 3.05) is 0 Å². The lowest BCUT2D eigenvalue weighted by atomic mass is 10.1. The summed E-state index contributed by atoms with van der Waals surface area (Å²) in [4.78, 5) is 22.3. The summed E-state index contributed by atoms with van der Waals surface area (Å²) in [5.41, 5.74) is 0.722. The third-order valence-electron chi connectivity index (χ3n) is 1.61. The normalized spacial score (nSPS) is 9.77. The van der Waals surface area contributed by atoms with Crippen molar-refractivity contribution in [3.05, 3.63) is 29.3 Å². The first-order valence-electron chi connectivity index (χ1n) is 3.56. The van der Waals surface area contributed by atoms with Crippen LogP contribution in [0.4, 0.5) is 0 Å². The van der Waals surface area contributed by atoms with Gasteiger partial charge in [0.15, 0.2) is 5.78 Å². The van der Waals surface area contributed by atoms with Crippen molar-refractivity contribution in [2.45, 2.75) is 11.8 Å². The molecular formula is C9H7ClO2S. The summed E-state index contributed by atoms with van der Waals surface area (Å²) in [6.45, 7) is 1.43. The highest BCUT2D eigenvalue weighted by atomic mass is 35.5. The number of carbonyl (C=O) groups is 2. The van der Waals surface area contributed by atoms with Gasteiger partial charge in [-0.2, -0.15) is 0 Å².